The minimum atomic E-state index is -0.265. The second-order valence-electron chi connectivity index (χ2n) is 6.44. The largest absolute Gasteiger partial charge is 0.497 e. The Morgan fingerprint density at radius 1 is 1.00 bits per heavy atom. The molecule has 29 heavy (non-hydrogen) atoms. The van der Waals surface area contributed by atoms with Gasteiger partial charge < -0.3 is 9.47 Å². The van der Waals surface area contributed by atoms with Crippen LogP contribution in [-0.4, -0.2) is 34.2 Å². The van der Waals surface area contributed by atoms with Crippen LogP contribution in [0.5, 0.6) is 5.75 Å². The standard InChI is InChI=1S/C23H21N3O3/c1-3-29-21(27)15-19-18-7-4-5-8-20(18)26(23-24-13-6-14-25-23)22(19)16-9-11-17(28-2)12-10-16/h4-14H,3,15H2,1-2H3. The van der Waals surface area contributed by atoms with Crippen LogP contribution in [0.3, 0.4) is 0 Å². The van der Waals surface area contributed by atoms with Gasteiger partial charge in [-0.1, -0.05) is 18.2 Å². The molecule has 4 aromatic rings. The third-order valence-corrected chi connectivity index (χ3v) is 4.72. The average molecular weight is 387 g/mol. The summed E-state index contributed by atoms with van der Waals surface area (Å²) in [4.78, 5) is 21.3. The van der Waals surface area contributed by atoms with Crippen LogP contribution in [0.25, 0.3) is 28.1 Å². The SMILES string of the molecule is CCOC(=O)Cc1c(-c2ccc(OC)cc2)n(-c2ncccn2)c2ccccc12. The van der Waals surface area contributed by atoms with Crippen molar-refractivity contribution in [3.8, 4) is 23.0 Å². The van der Waals surface area contributed by atoms with Gasteiger partial charge in [0.15, 0.2) is 0 Å². The molecule has 0 spiro atoms. The summed E-state index contributed by atoms with van der Waals surface area (Å²) in [6, 6.07) is 17.5. The zero-order valence-electron chi connectivity index (χ0n) is 16.3. The molecule has 2 aromatic carbocycles. The van der Waals surface area contributed by atoms with E-state index in [1.807, 2.05) is 60.0 Å². The number of fused-ring (bicyclic) bond motifs is 1. The van der Waals surface area contributed by atoms with Crippen molar-refractivity contribution in [3.63, 3.8) is 0 Å². The molecular weight excluding hydrogens is 366 g/mol. The van der Waals surface area contributed by atoms with E-state index in [-0.39, 0.29) is 12.4 Å². The van der Waals surface area contributed by atoms with Gasteiger partial charge in [0, 0.05) is 17.8 Å². The van der Waals surface area contributed by atoms with E-state index in [9.17, 15) is 4.79 Å². The van der Waals surface area contributed by atoms with E-state index in [4.69, 9.17) is 9.47 Å². The maximum Gasteiger partial charge on any atom is 0.310 e. The van der Waals surface area contributed by atoms with Crippen LogP contribution in [0.4, 0.5) is 0 Å². The molecule has 146 valence electrons. The van der Waals surface area contributed by atoms with E-state index < -0.39 is 0 Å². The average Bonchev–Trinajstić information content (AvgIpc) is 3.09. The van der Waals surface area contributed by atoms with Crippen LogP contribution in [0.2, 0.25) is 0 Å². The number of esters is 1. The van der Waals surface area contributed by atoms with Crippen LogP contribution in [-0.2, 0) is 16.0 Å². The monoisotopic (exact) mass is 387 g/mol. The second kappa shape index (κ2) is 8.14. The van der Waals surface area contributed by atoms with E-state index in [0.29, 0.717) is 12.6 Å². The van der Waals surface area contributed by atoms with Gasteiger partial charge in [0.2, 0.25) is 5.95 Å². The van der Waals surface area contributed by atoms with Crippen molar-refractivity contribution in [1.82, 2.24) is 14.5 Å². The minimum absolute atomic E-state index is 0.162. The second-order valence-corrected chi connectivity index (χ2v) is 6.44. The van der Waals surface area contributed by atoms with Gasteiger partial charge in [-0.25, -0.2) is 9.97 Å². The van der Waals surface area contributed by atoms with Crippen molar-refractivity contribution in [2.45, 2.75) is 13.3 Å². The van der Waals surface area contributed by atoms with Crippen molar-refractivity contribution in [2.75, 3.05) is 13.7 Å². The van der Waals surface area contributed by atoms with Gasteiger partial charge in [0.25, 0.3) is 0 Å². The van der Waals surface area contributed by atoms with Gasteiger partial charge in [-0.05, 0) is 54.4 Å². The number of para-hydroxylation sites is 1. The Hall–Kier alpha value is -3.67. The molecule has 0 saturated heterocycles. The maximum absolute atomic E-state index is 12.4. The first-order valence-electron chi connectivity index (χ1n) is 9.42. The van der Waals surface area contributed by atoms with Crippen LogP contribution >= 0.6 is 0 Å². The number of carbonyl (C=O) groups is 1. The van der Waals surface area contributed by atoms with Gasteiger partial charge in [0.1, 0.15) is 5.75 Å². The molecule has 2 aromatic heterocycles. The Morgan fingerprint density at radius 3 is 2.41 bits per heavy atom. The zero-order valence-corrected chi connectivity index (χ0v) is 16.3. The Kier molecular flexibility index (Phi) is 5.24. The number of aromatic nitrogens is 3. The van der Waals surface area contributed by atoms with Gasteiger partial charge >= 0.3 is 5.97 Å². The number of ether oxygens (including phenoxy) is 2. The van der Waals surface area contributed by atoms with Gasteiger partial charge in [-0.15, -0.1) is 0 Å². The Balaban J connectivity index is 2.02. The molecule has 0 aliphatic heterocycles. The molecule has 0 amide bonds. The summed E-state index contributed by atoms with van der Waals surface area (Å²) in [6.45, 7) is 2.15. The number of carbonyl (C=O) groups excluding carboxylic acids is 1. The topological polar surface area (TPSA) is 66.2 Å². The number of benzene rings is 2. The van der Waals surface area contributed by atoms with Gasteiger partial charge in [-0.3, -0.25) is 9.36 Å². The number of hydrogen-bond donors (Lipinski definition) is 0. The summed E-state index contributed by atoms with van der Waals surface area (Å²) >= 11 is 0. The summed E-state index contributed by atoms with van der Waals surface area (Å²) < 4.78 is 12.5. The molecule has 2 heterocycles. The lowest BCUT2D eigenvalue weighted by atomic mass is 10.0. The Labute approximate surface area is 168 Å². The van der Waals surface area contributed by atoms with Crippen molar-refractivity contribution in [2.24, 2.45) is 0 Å². The molecule has 0 fully saturated rings. The lowest BCUT2D eigenvalue weighted by Crippen LogP contribution is -2.09. The predicted molar refractivity (Wildman–Crippen MR) is 111 cm³/mol. The van der Waals surface area contributed by atoms with E-state index in [1.165, 1.54) is 0 Å². The molecule has 6 heteroatoms. The maximum atomic E-state index is 12.4. The highest BCUT2D eigenvalue weighted by Gasteiger charge is 2.23. The Morgan fingerprint density at radius 2 is 1.72 bits per heavy atom. The highest BCUT2D eigenvalue weighted by atomic mass is 16.5. The lowest BCUT2D eigenvalue weighted by molar-refractivity contribution is -0.142. The first-order valence-corrected chi connectivity index (χ1v) is 9.42. The van der Waals surface area contributed by atoms with Crippen LogP contribution in [0.1, 0.15) is 12.5 Å². The highest BCUT2D eigenvalue weighted by Crippen LogP contribution is 2.36. The molecule has 0 N–H and O–H groups in total. The van der Waals surface area contributed by atoms with Crippen LogP contribution < -0.4 is 4.74 Å². The first-order chi connectivity index (χ1) is 14.2. The molecule has 6 nitrogen and oxygen atoms in total. The van der Waals surface area contributed by atoms with E-state index >= 15 is 0 Å². The van der Waals surface area contributed by atoms with E-state index in [1.54, 1.807) is 25.6 Å². The summed E-state index contributed by atoms with van der Waals surface area (Å²) in [5, 5.41) is 0.971. The van der Waals surface area contributed by atoms with Crippen molar-refractivity contribution < 1.29 is 14.3 Å². The number of hydrogen-bond acceptors (Lipinski definition) is 5. The van der Waals surface area contributed by atoms with E-state index in [2.05, 4.69) is 9.97 Å². The van der Waals surface area contributed by atoms with Crippen molar-refractivity contribution in [3.05, 3.63) is 72.6 Å². The first kappa shape index (κ1) is 18.7. The highest BCUT2D eigenvalue weighted by molar-refractivity contribution is 5.96. The Bertz CT molecular complexity index is 1140. The molecule has 0 atom stereocenters. The fourth-order valence-electron chi connectivity index (χ4n) is 3.51. The number of methoxy groups -OCH3 is 1. The summed E-state index contributed by atoms with van der Waals surface area (Å²) in [5.41, 5.74) is 3.63. The third-order valence-electron chi connectivity index (χ3n) is 4.72. The van der Waals surface area contributed by atoms with Crippen molar-refractivity contribution in [1.29, 1.82) is 0 Å². The summed E-state index contributed by atoms with van der Waals surface area (Å²) in [5.74, 6) is 1.04. The van der Waals surface area contributed by atoms with Gasteiger partial charge in [-0.2, -0.15) is 0 Å². The quantitative estimate of drug-likeness (QED) is 0.464. The molecule has 0 unspecified atom stereocenters. The molecular formula is C23H21N3O3. The fourth-order valence-corrected chi connectivity index (χ4v) is 3.51. The molecule has 0 aliphatic carbocycles. The van der Waals surface area contributed by atoms with Crippen LogP contribution in [0, 0.1) is 0 Å². The zero-order chi connectivity index (χ0) is 20.2. The smallest absolute Gasteiger partial charge is 0.310 e. The van der Waals surface area contributed by atoms with Crippen LogP contribution in [0.15, 0.2) is 67.0 Å². The molecule has 4 rings (SSSR count). The fraction of sp³-hybridized carbons (Fsp3) is 0.174. The van der Waals surface area contributed by atoms with Gasteiger partial charge in [0.05, 0.1) is 31.3 Å². The molecule has 0 aliphatic rings. The normalized spacial score (nSPS) is 10.8. The van der Waals surface area contributed by atoms with Crippen molar-refractivity contribution >= 4 is 16.9 Å². The predicted octanol–water partition coefficient (Wildman–Crippen LogP) is 4.20. The van der Waals surface area contributed by atoms with E-state index in [0.717, 1.165) is 33.5 Å². The number of rotatable bonds is 6. The summed E-state index contributed by atoms with van der Waals surface area (Å²) in [6.07, 6.45) is 3.58. The lowest BCUT2D eigenvalue weighted by Gasteiger charge is -2.12. The minimum Gasteiger partial charge on any atom is -0.497 e. The number of nitrogens with zero attached hydrogens (tertiary/aromatic N) is 3. The third kappa shape index (κ3) is 3.57. The molecule has 0 saturated carbocycles. The molecule has 0 bridgehead atoms. The summed E-state index contributed by atoms with van der Waals surface area (Å²) in [7, 11) is 1.63. The molecule has 0 radical (unpaired) electrons.